The highest BCUT2D eigenvalue weighted by Crippen LogP contribution is 2.28. The molecule has 0 fully saturated rings. The highest BCUT2D eigenvalue weighted by atomic mass is 35.5. The Balaban J connectivity index is 2.17. The van der Waals surface area contributed by atoms with Gasteiger partial charge in [0.1, 0.15) is 5.65 Å². The molecule has 3 aromatic heterocycles. The molecule has 3 aromatic rings. The molecule has 126 valence electrons. The number of alkyl halides is 3. The van der Waals surface area contributed by atoms with E-state index in [1.54, 1.807) is 6.92 Å². The second-order valence-electron chi connectivity index (χ2n) is 5.12. The van der Waals surface area contributed by atoms with E-state index in [9.17, 15) is 22.4 Å². The predicted octanol–water partition coefficient (Wildman–Crippen LogP) is 3.06. The Morgan fingerprint density at radius 3 is 2.58 bits per heavy atom. The number of aromatic nitrogens is 4. The second-order valence-corrected chi connectivity index (χ2v) is 5.48. The molecule has 0 aliphatic heterocycles. The molecular weight excluding hydrogens is 352 g/mol. The fraction of sp³-hybridized carbons (Fsp3) is 0.214. The van der Waals surface area contributed by atoms with Gasteiger partial charge in [0.15, 0.2) is 16.7 Å². The molecule has 5 nitrogen and oxygen atoms in total. The Kier molecular flexibility index (Phi) is 3.83. The molecule has 0 aromatic carbocycles. The molecule has 0 saturated carbocycles. The minimum absolute atomic E-state index is 0.000305. The van der Waals surface area contributed by atoms with E-state index in [1.807, 2.05) is 0 Å². The summed E-state index contributed by atoms with van der Waals surface area (Å²) >= 11 is 5.51. The van der Waals surface area contributed by atoms with Crippen molar-refractivity contribution in [3.05, 3.63) is 62.7 Å². The van der Waals surface area contributed by atoms with Gasteiger partial charge in [0.25, 0.3) is 5.56 Å². The topological polar surface area (TPSA) is 52.2 Å². The molecule has 0 atom stereocenters. The molecule has 10 heteroatoms. The van der Waals surface area contributed by atoms with Crippen molar-refractivity contribution in [2.75, 3.05) is 0 Å². The number of rotatable bonds is 2. The largest absolute Gasteiger partial charge is 0.435 e. The Morgan fingerprint density at radius 1 is 1.25 bits per heavy atom. The predicted molar refractivity (Wildman–Crippen MR) is 77.5 cm³/mol. The Bertz CT molecular complexity index is 993. The van der Waals surface area contributed by atoms with Crippen molar-refractivity contribution >= 4 is 17.2 Å². The smallest absolute Gasteiger partial charge is 0.326 e. The van der Waals surface area contributed by atoms with Crippen LogP contribution in [0.5, 0.6) is 0 Å². The summed E-state index contributed by atoms with van der Waals surface area (Å²) in [5, 5.41) is 3.00. The van der Waals surface area contributed by atoms with Crippen LogP contribution in [0.4, 0.5) is 17.6 Å². The lowest BCUT2D eigenvalue weighted by Gasteiger charge is -2.12. The first-order chi connectivity index (χ1) is 11.2. The van der Waals surface area contributed by atoms with E-state index in [-0.39, 0.29) is 17.3 Å². The van der Waals surface area contributed by atoms with Crippen molar-refractivity contribution in [1.29, 1.82) is 0 Å². The van der Waals surface area contributed by atoms with Gasteiger partial charge in [0, 0.05) is 24.0 Å². The standard InChI is InChI=1S/C14H9ClF4N4O/c1-7-2-12(24)23-11(4-10(21-23)14(17,18)19)22(7)6-8-3-9(16)13(15)20-5-8/h2-5H,6H2,1H3. The fourth-order valence-corrected chi connectivity index (χ4v) is 2.40. The number of hydrogen-bond donors (Lipinski definition) is 0. The molecule has 3 heterocycles. The van der Waals surface area contributed by atoms with Crippen molar-refractivity contribution in [2.24, 2.45) is 0 Å². The third-order valence-electron chi connectivity index (χ3n) is 3.42. The molecule has 0 aliphatic rings. The van der Waals surface area contributed by atoms with Crippen LogP contribution >= 0.6 is 11.6 Å². The van der Waals surface area contributed by atoms with Crippen LogP contribution in [0.3, 0.4) is 0 Å². The second kappa shape index (κ2) is 5.59. The normalized spacial score (nSPS) is 12.1. The van der Waals surface area contributed by atoms with Gasteiger partial charge >= 0.3 is 6.18 Å². The highest BCUT2D eigenvalue weighted by Gasteiger charge is 2.34. The van der Waals surface area contributed by atoms with Gasteiger partial charge in [0.2, 0.25) is 0 Å². The van der Waals surface area contributed by atoms with E-state index in [1.165, 1.54) is 10.8 Å². The van der Waals surface area contributed by atoms with Gasteiger partial charge in [-0.15, -0.1) is 0 Å². The van der Waals surface area contributed by atoms with Crippen LogP contribution < -0.4 is 5.56 Å². The fourth-order valence-electron chi connectivity index (χ4n) is 2.30. The van der Waals surface area contributed by atoms with Crippen LogP contribution in [0.1, 0.15) is 17.0 Å². The number of nitrogens with zero attached hydrogens (tertiary/aromatic N) is 4. The molecule has 0 aliphatic carbocycles. The minimum Gasteiger partial charge on any atom is -0.326 e. The monoisotopic (exact) mass is 360 g/mol. The third kappa shape index (κ3) is 2.86. The lowest BCUT2D eigenvalue weighted by Crippen LogP contribution is -2.20. The van der Waals surface area contributed by atoms with Gasteiger partial charge < -0.3 is 4.57 Å². The average molecular weight is 361 g/mol. The summed E-state index contributed by atoms with van der Waals surface area (Å²) in [5.74, 6) is -0.742. The third-order valence-corrected chi connectivity index (χ3v) is 3.70. The van der Waals surface area contributed by atoms with Crippen LogP contribution in [-0.4, -0.2) is 19.2 Å². The molecule has 0 N–H and O–H groups in total. The van der Waals surface area contributed by atoms with E-state index in [0.717, 1.165) is 18.2 Å². The average Bonchev–Trinajstić information content (AvgIpc) is 2.93. The number of fused-ring (bicyclic) bond motifs is 1. The zero-order chi connectivity index (χ0) is 17.6. The van der Waals surface area contributed by atoms with Crippen molar-refractivity contribution in [2.45, 2.75) is 19.6 Å². The van der Waals surface area contributed by atoms with E-state index in [2.05, 4.69) is 10.1 Å². The Labute approximate surface area is 137 Å². The molecule has 0 radical (unpaired) electrons. The van der Waals surface area contributed by atoms with Gasteiger partial charge in [-0.05, 0) is 18.6 Å². The summed E-state index contributed by atoms with van der Waals surface area (Å²) in [4.78, 5) is 15.5. The van der Waals surface area contributed by atoms with Crippen LogP contribution in [0.2, 0.25) is 5.15 Å². The molecule has 3 rings (SSSR count). The molecule has 0 bridgehead atoms. The van der Waals surface area contributed by atoms with Gasteiger partial charge in [-0.2, -0.15) is 22.8 Å². The number of aryl methyl sites for hydroxylation is 1. The van der Waals surface area contributed by atoms with Crippen LogP contribution in [0, 0.1) is 12.7 Å². The first kappa shape index (κ1) is 16.4. The van der Waals surface area contributed by atoms with Gasteiger partial charge in [-0.3, -0.25) is 4.79 Å². The van der Waals surface area contributed by atoms with Crippen molar-refractivity contribution in [3.63, 3.8) is 0 Å². The highest BCUT2D eigenvalue weighted by molar-refractivity contribution is 6.29. The maximum absolute atomic E-state index is 13.5. The van der Waals surface area contributed by atoms with Crippen LogP contribution in [0.15, 0.2) is 29.2 Å². The first-order valence-electron chi connectivity index (χ1n) is 6.64. The maximum atomic E-state index is 13.5. The number of hydrogen-bond acceptors (Lipinski definition) is 3. The summed E-state index contributed by atoms with van der Waals surface area (Å²) in [6, 6.07) is 3.05. The lowest BCUT2D eigenvalue weighted by molar-refractivity contribution is -0.141. The van der Waals surface area contributed by atoms with E-state index in [4.69, 9.17) is 11.6 Å². The van der Waals surface area contributed by atoms with E-state index in [0.29, 0.717) is 15.8 Å². The zero-order valence-corrected chi connectivity index (χ0v) is 12.9. The van der Waals surface area contributed by atoms with Gasteiger partial charge in [0.05, 0.1) is 6.54 Å². The number of halogens is 5. The number of pyridine rings is 1. The summed E-state index contributed by atoms with van der Waals surface area (Å²) in [7, 11) is 0. The quantitative estimate of drug-likeness (QED) is 0.521. The van der Waals surface area contributed by atoms with Crippen molar-refractivity contribution in [3.8, 4) is 0 Å². The molecular formula is C14H9ClF4N4O. The summed E-state index contributed by atoms with van der Waals surface area (Å²) < 4.78 is 54.1. The SMILES string of the molecule is Cc1cc(=O)n2nc(C(F)(F)F)cc2n1Cc1cnc(Cl)c(F)c1. The molecule has 0 unspecified atom stereocenters. The lowest BCUT2D eigenvalue weighted by atomic mass is 10.2. The maximum Gasteiger partial charge on any atom is 0.435 e. The minimum atomic E-state index is -4.68. The molecule has 0 spiro atoms. The summed E-state index contributed by atoms with van der Waals surface area (Å²) in [5.41, 5.74) is -1.14. The Hall–Kier alpha value is -2.42. The zero-order valence-electron chi connectivity index (χ0n) is 12.1. The van der Waals surface area contributed by atoms with Gasteiger partial charge in [-0.1, -0.05) is 11.6 Å². The Morgan fingerprint density at radius 2 is 1.96 bits per heavy atom. The van der Waals surface area contributed by atoms with E-state index >= 15 is 0 Å². The molecule has 0 saturated heterocycles. The van der Waals surface area contributed by atoms with Gasteiger partial charge in [-0.25, -0.2) is 9.37 Å². The summed E-state index contributed by atoms with van der Waals surface area (Å²) in [6.07, 6.45) is -3.38. The van der Waals surface area contributed by atoms with Crippen molar-refractivity contribution < 1.29 is 17.6 Å². The van der Waals surface area contributed by atoms with E-state index < -0.39 is 23.2 Å². The molecule has 0 amide bonds. The molecule has 24 heavy (non-hydrogen) atoms. The van der Waals surface area contributed by atoms with Crippen LogP contribution in [0.25, 0.3) is 5.65 Å². The van der Waals surface area contributed by atoms with Crippen molar-refractivity contribution in [1.82, 2.24) is 19.2 Å². The summed E-state index contributed by atoms with van der Waals surface area (Å²) in [6.45, 7) is 1.56. The first-order valence-corrected chi connectivity index (χ1v) is 7.02. The van der Waals surface area contributed by atoms with Crippen LogP contribution in [-0.2, 0) is 12.7 Å².